The third-order valence-corrected chi connectivity index (χ3v) is 5.40. The molecule has 0 aliphatic carbocycles. The fourth-order valence-corrected chi connectivity index (χ4v) is 3.47. The molecule has 4 nitrogen and oxygen atoms in total. The van der Waals surface area contributed by atoms with E-state index in [0.29, 0.717) is 18.1 Å². The topological polar surface area (TPSA) is 49.4 Å². The van der Waals surface area contributed by atoms with Crippen molar-refractivity contribution < 1.29 is 9.59 Å². The Morgan fingerprint density at radius 2 is 1.96 bits per heavy atom. The molecule has 0 saturated carbocycles. The predicted octanol–water partition coefficient (Wildman–Crippen LogP) is 3.73. The summed E-state index contributed by atoms with van der Waals surface area (Å²) in [4.78, 5) is 27.5. The molecule has 2 aromatic rings. The van der Waals surface area contributed by atoms with Crippen LogP contribution in [0.2, 0.25) is 5.02 Å². The maximum Gasteiger partial charge on any atom is 0.227 e. The summed E-state index contributed by atoms with van der Waals surface area (Å²) >= 11 is 7.76. The molecule has 0 bridgehead atoms. The molecule has 6 heteroatoms. The first-order valence-corrected chi connectivity index (χ1v) is 9.64. The number of hydrogen-bond acceptors (Lipinski definition) is 3. The van der Waals surface area contributed by atoms with Gasteiger partial charge >= 0.3 is 0 Å². The van der Waals surface area contributed by atoms with E-state index in [1.807, 2.05) is 48.7 Å². The van der Waals surface area contributed by atoms with Crippen LogP contribution in [0.5, 0.6) is 0 Å². The van der Waals surface area contributed by atoms with Gasteiger partial charge in [-0.15, -0.1) is 11.8 Å². The largest absolute Gasteiger partial charge is 0.352 e. The number of nitrogens with one attached hydrogen (secondary N) is 1. The third kappa shape index (κ3) is 4.17. The molecule has 0 aromatic heterocycles. The van der Waals surface area contributed by atoms with Crippen molar-refractivity contribution >= 4 is 40.9 Å². The number of hydrogen-bond donors (Lipinski definition) is 1. The highest BCUT2D eigenvalue weighted by atomic mass is 35.5. The highest BCUT2D eigenvalue weighted by Crippen LogP contribution is 2.27. The van der Waals surface area contributed by atoms with E-state index in [9.17, 15) is 9.59 Å². The van der Waals surface area contributed by atoms with Crippen LogP contribution in [-0.2, 0) is 16.1 Å². The van der Waals surface area contributed by atoms with Crippen LogP contribution in [0.25, 0.3) is 0 Å². The van der Waals surface area contributed by atoms with E-state index < -0.39 is 0 Å². The van der Waals surface area contributed by atoms with Gasteiger partial charge in [0.2, 0.25) is 11.8 Å². The molecule has 0 radical (unpaired) electrons. The Hall–Kier alpha value is -1.98. The zero-order valence-corrected chi connectivity index (χ0v) is 15.4. The standard InChI is InChI=1S/C19H19ClN2O2S/c1-25-16-8-6-15(7-9-16)22-12-14(10-18(22)23)19(24)21-11-13-4-2-3-5-17(13)20/h2-9,14H,10-12H2,1H3,(H,21,24). The summed E-state index contributed by atoms with van der Waals surface area (Å²) in [7, 11) is 0. The van der Waals surface area contributed by atoms with Gasteiger partial charge in [-0.2, -0.15) is 0 Å². The molecule has 1 N–H and O–H groups in total. The summed E-state index contributed by atoms with van der Waals surface area (Å²) < 4.78 is 0. The molecule has 0 spiro atoms. The van der Waals surface area contributed by atoms with Gasteiger partial charge in [0.15, 0.2) is 0 Å². The number of halogens is 1. The Kier molecular flexibility index (Phi) is 5.66. The van der Waals surface area contributed by atoms with Crippen LogP contribution >= 0.6 is 23.4 Å². The third-order valence-electron chi connectivity index (χ3n) is 4.29. The van der Waals surface area contributed by atoms with Gasteiger partial charge in [0, 0.05) is 35.1 Å². The van der Waals surface area contributed by atoms with Crippen molar-refractivity contribution in [3.8, 4) is 0 Å². The van der Waals surface area contributed by atoms with E-state index in [1.165, 1.54) is 0 Å². The van der Waals surface area contributed by atoms with Crippen LogP contribution in [-0.4, -0.2) is 24.6 Å². The first-order chi connectivity index (χ1) is 12.1. The van der Waals surface area contributed by atoms with Gasteiger partial charge < -0.3 is 10.2 Å². The lowest BCUT2D eigenvalue weighted by Crippen LogP contribution is -2.32. The van der Waals surface area contributed by atoms with Gasteiger partial charge in [0.25, 0.3) is 0 Å². The molecule has 2 aromatic carbocycles. The highest BCUT2D eigenvalue weighted by molar-refractivity contribution is 7.98. The number of amides is 2. The second-order valence-electron chi connectivity index (χ2n) is 5.91. The molecule has 1 saturated heterocycles. The van der Waals surface area contributed by atoms with Gasteiger partial charge in [-0.05, 0) is 42.2 Å². The highest BCUT2D eigenvalue weighted by Gasteiger charge is 2.35. The summed E-state index contributed by atoms with van der Waals surface area (Å²) in [5, 5.41) is 3.51. The van der Waals surface area contributed by atoms with E-state index in [4.69, 9.17) is 11.6 Å². The molecule has 1 fully saturated rings. The molecule has 1 atom stereocenters. The van der Waals surface area contributed by atoms with Gasteiger partial charge in [0.1, 0.15) is 0 Å². The summed E-state index contributed by atoms with van der Waals surface area (Å²) in [6, 6.07) is 15.2. The number of carbonyl (C=O) groups is 2. The number of benzene rings is 2. The minimum Gasteiger partial charge on any atom is -0.352 e. The monoisotopic (exact) mass is 374 g/mol. The minimum absolute atomic E-state index is 0.0187. The number of thioether (sulfide) groups is 1. The summed E-state index contributed by atoms with van der Waals surface area (Å²) in [6.45, 7) is 0.775. The number of rotatable bonds is 5. The van der Waals surface area contributed by atoms with Crippen molar-refractivity contribution in [2.24, 2.45) is 5.92 Å². The molecule has 3 rings (SSSR count). The Morgan fingerprint density at radius 3 is 2.64 bits per heavy atom. The first kappa shape index (κ1) is 17.8. The van der Waals surface area contributed by atoms with Gasteiger partial charge in [-0.25, -0.2) is 0 Å². The predicted molar refractivity (Wildman–Crippen MR) is 102 cm³/mol. The summed E-state index contributed by atoms with van der Waals surface area (Å²) in [5.74, 6) is -0.471. The van der Waals surface area contributed by atoms with Crippen molar-refractivity contribution in [2.45, 2.75) is 17.9 Å². The molecule has 2 amide bonds. The molecule has 1 aliphatic rings. The fourth-order valence-electron chi connectivity index (χ4n) is 2.86. The second-order valence-corrected chi connectivity index (χ2v) is 7.20. The number of carbonyl (C=O) groups excluding carboxylic acids is 2. The van der Waals surface area contributed by atoms with Crippen molar-refractivity contribution in [3.63, 3.8) is 0 Å². The number of anilines is 1. The molecule has 1 heterocycles. The van der Waals surface area contributed by atoms with Gasteiger partial charge in [-0.3, -0.25) is 9.59 Å². The van der Waals surface area contributed by atoms with Crippen LogP contribution < -0.4 is 10.2 Å². The minimum atomic E-state index is -0.338. The SMILES string of the molecule is CSc1ccc(N2CC(C(=O)NCc3ccccc3Cl)CC2=O)cc1. The van der Waals surface area contributed by atoms with Crippen molar-refractivity contribution in [1.82, 2.24) is 5.32 Å². The normalized spacial score (nSPS) is 17.0. The fraction of sp³-hybridized carbons (Fsp3) is 0.263. The molecule has 25 heavy (non-hydrogen) atoms. The smallest absolute Gasteiger partial charge is 0.227 e. The Labute approximate surface area is 156 Å². The second kappa shape index (κ2) is 7.93. The van der Waals surface area contributed by atoms with Crippen molar-refractivity contribution in [3.05, 3.63) is 59.1 Å². The van der Waals surface area contributed by atoms with E-state index in [1.54, 1.807) is 22.7 Å². The molecular formula is C19H19ClN2O2S. The Balaban J connectivity index is 1.61. The van der Waals surface area contributed by atoms with E-state index in [-0.39, 0.29) is 24.2 Å². The maximum atomic E-state index is 12.4. The molecule has 1 aliphatic heterocycles. The zero-order valence-electron chi connectivity index (χ0n) is 13.9. The zero-order chi connectivity index (χ0) is 17.8. The van der Waals surface area contributed by atoms with Crippen LogP contribution in [0, 0.1) is 5.92 Å². The quantitative estimate of drug-likeness (QED) is 0.811. The maximum absolute atomic E-state index is 12.4. The summed E-state index contributed by atoms with van der Waals surface area (Å²) in [5.41, 5.74) is 1.70. The average Bonchev–Trinajstić information content (AvgIpc) is 3.03. The molecule has 130 valence electrons. The molecular weight excluding hydrogens is 356 g/mol. The Morgan fingerprint density at radius 1 is 1.24 bits per heavy atom. The lowest BCUT2D eigenvalue weighted by Gasteiger charge is -2.17. The van der Waals surface area contributed by atoms with Crippen LogP contribution in [0.3, 0.4) is 0 Å². The van der Waals surface area contributed by atoms with Gasteiger partial charge in [-0.1, -0.05) is 29.8 Å². The van der Waals surface area contributed by atoms with Crippen molar-refractivity contribution in [1.29, 1.82) is 0 Å². The van der Waals surface area contributed by atoms with E-state index >= 15 is 0 Å². The lowest BCUT2D eigenvalue weighted by molar-refractivity contribution is -0.126. The molecule has 1 unspecified atom stereocenters. The van der Waals surface area contributed by atoms with Gasteiger partial charge in [0.05, 0.1) is 5.92 Å². The number of nitrogens with zero attached hydrogens (tertiary/aromatic N) is 1. The van der Waals surface area contributed by atoms with Crippen LogP contribution in [0.15, 0.2) is 53.4 Å². The van der Waals surface area contributed by atoms with Crippen LogP contribution in [0.1, 0.15) is 12.0 Å². The average molecular weight is 375 g/mol. The Bertz CT molecular complexity index is 779. The van der Waals surface area contributed by atoms with E-state index in [2.05, 4.69) is 5.32 Å². The van der Waals surface area contributed by atoms with Crippen molar-refractivity contribution in [2.75, 3.05) is 17.7 Å². The first-order valence-electron chi connectivity index (χ1n) is 8.04. The summed E-state index contributed by atoms with van der Waals surface area (Å²) in [6.07, 6.45) is 2.24. The van der Waals surface area contributed by atoms with E-state index in [0.717, 1.165) is 16.1 Å². The van der Waals surface area contributed by atoms with Crippen LogP contribution in [0.4, 0.5) is 5.69 Å². The lowest BCUT2D eigenvalue weighted by atomic mass is 10.1.